The Balaban J connectivity index is 1.40. The summed E-state index contributed by atoms with van der Waals surface area (Å²) in [6.45, 7) is 0. The van der Waals surface area contributed by atoms with Crippen LogP contribution in [0.5, 0.6) is 23.0 Å². The third-order valence-corrected chi connectivity index (χ3v) is 5.81. The maximum Gasteiger partial charge on any atom is 0.306 e. The van der Waals surface area contributed by atoms with Crippen molar-refractivity contribution in [1.29, 1.82) is 0 Å². The Kier molecular flexibility index (Phi) is 6.81. The fraction of sp³-hybridized carbons (Fsp3) is 0.0769. The fourth-order valence-corrected chi connectivity index (χ4v) is 4.24. The minimum absolute atomic E-state index is 0.262. The van der Waals surface area contributed by atoms with Crippen molar-refractivity contribution in [3.63, 3.8) is 0 Å². The van der Waals surface area contributed by atoms with Crippen molar-refractivity contribution in [2.24, 2.45) is 0 Å². The lowest BCUT2D eigenvalue weighted by molar-refractivity contribution is 0.482. The number of benzene rings is 4. The predicted molar refractivity (Wildman–Crippen MR) is 135 cm³/mol. The summed E-state index contributed by atoms with van der Waals surface area (Å²) in [5.74, 6) is 1.86. The van der Waals surface area contributed by atoms with Crippen LogP contribution in [-0.4, -0.2) is 29.3 Å². The molecule has 0 bridgehead atoms. The first-order chi connectivity index (χ1) is 16.5. The van der Waals surface area contributed by atoms with Gasteiger partial charge in [0.2, 0.25) is 0 Å². The maximum atomic E-state index is 11.2. The van der Waals surface area contributed by atoms with Gasteiger partial charge < -0.3 is 13.1 Å². The number of hydrogen-bond acceptors (Lipinski definition) is 7. The molecule has 0 fully saturated rings. The van der Waals surface area contributed by atoms with E-state index in [1.54, 1.807) is 48.5 Å². The largest absolute Gasteiger partial charge is 0.457 e. The van der Waals surface area contributed by atoms with E-state index in [0.29, 0.717) is 11.5 Å². The Morgan fingerprint density at radius 3 is 0.857 bits per heavy atom. The molecule has 0 saturated carbocycles. The summed E-state index contributed by atoms with van der Waals surface area (Å²) in [7, 11) is -7.12. The van der Waals surface area contributed by atoms with Crippen molar-refractivity contribution in [1.82, 2.24) is 0 Å². The van der Waals surface area contributed by atoms with Crippen LogP contribution in [0.1, 0.15) is 0 Å². The molecule has 0 aliphatic carbocycles. The van der Waals surface area contributed by atoms with Crippen LogP contribution in [0.2, 0.25) is 0 Å². The van der Waals surface area contributed by atoms with E-state index in [9.17, 15) is 16.8 Å². The molecule has 0 saturated heterocycles. The van der Waals surface area contributed by atoms with E-state index in [-0.39, 0.29) is 11.5 Å². The Bertz CT molecular complexity index is 1390. The number of hydrogen-bond donors (Lipinski definition) is 0. The van der Waals surface area contributed by atoms with Gasteiger partial charge in [-0.05, 0) is 70.8 Å². The van der Waals surface area contributed by atoms with Crippen molar-refractivity contribution in [2.75, 3.05) is 12.5 Å². The highest BCUT2D eigenvalue weighted by atomic mass is 32.2. The monoisotopic (exact) mass is 510 g/mol. The van der Waals surface area contributed by atoms with Crippen LogP contribution in [0.4, 0.5) is 0 Å². The van der Waals surface area contributed by atoms with E-state index in [1.165, 1.54) is 0 Å². The van der Waals surface area contributed by atoms with Gasteiger partial charge in [-0.1, -0.05) is 48.5 Å². The highest BCUT2D eigenvalue weighted by Crippen LogP contribution is 2.29. The van der Waals surface area contributed by atoms with Gasteiger partial charge in [-0.2, -0.15) is 16.8 Å². The fourth-order valence-electron chi connectivity index (χ4n) is 3.32. The number of rotatable bonds is 8. The lowest BCUT2D eigenvalue weighted by Crippen LogP contribution is -2.05. The molecule has 180 valence electrons. The van der Waals surface area contributed by atoms with Crippen LogP contribution in [0.3, 0.4) is 0 Å². The average Bonchev–Trinajstić information content (AvgIpc) is 2.79. The quantitative estimate of drug-likeness (QED) is 0.289. The zero-order valence-corrected chi connectivity index (χ0v) is 20.5. The van der Waals surface area contributed by atoms with Crippen molar-refractivity contribution < 1.29 is 29.9 Å². The maximum absolute atomic E-state index is 11.2. The average molecular weight is 511 g/mol. The second-order valence-electron chi connectivity index (χ2n) is 7.77. The summed E-state index contributed by atoms with van der Waals surface area (Å²) < 4.78 is 60.6. The van der Waals surface area contributed by atoms with E-state index in [4.69, 9.17) is 13.1 Å². The Labute approximate surface area is 204 Å². The standard InChI is InChI=1S/C26H22O7S2/c1-34(27,28)32-25-15-7-21(8-16-25)19-3-11-23(12-4-19)31-24-13-5-20(6-14-24)22-9-17-26(18-10-22)33-35(2,29)30/h3-18H,1-2H3. The van der Waals surface area contributed by atoms with Gasteiger partial charge in [0.1, 0.15) is 23.0 Å². The molecule has 0 heterocycles. The molecule has 4 aromatic carbocycles. The van der Waals surface area contributed by atoms with Crippen molar-refractivity contribution in [3.05, 3.63) is 97.1 Å². The van der Waals surface area contributed by atoms with Crippen LogP contribution >= 0.6 is 0 Å². The molecule has 7 nitrogen and oxygen atoms in total. The molecule has 0 atom stereocenters. The summed E-state index contributed by atoms with van der Waals surface area (Å²) in [5, 5.41) is 0. The molecule has 4 aromatic rings. The van der Waals surface area contributed by atoms with Crippen LogP contribution in [-0.2, 0) is 20.2 Å². The first-order valence-electron chi connectivity index (χ1n) is 10.4. The molecule has 0 radical (unpaired) electrons. The summed E-state index contributed by atoms with van der Waals surface area (Å²) in [5.41, 5.74) is 3.72. The number of ether oxygens (including phenoxy) is 1. The molecule has 0 aromatic heterocycles. The molecule has 0 aliphatic rings. The Morgan fingerprint density at radius 1 is 0.400 bits per heavy atom. The molecular formula is C26H22O7S2. The van der Waals surface area contributed by atoms with Gasteiger partial charge in [-0.3, -0.25) is 0 Å². The molecule has 0 aliphatic heterocycles. The van der Waals surface area contributed by atoms with Gasteiger partial charge in [0.05, 0.1) is 12.5 Å². The molecule has 9 heteroatoms. The van der Waals surface area contributed by atoms with Gasteiger partial charge in [0.25, 0.3) is 0 Å². The summed E-state index contributed by atoms with van der Waals surface area (Å²) in [6.07, 6.45) is 2.01. The SMILES string of the molecule is CS(=O)(=O)Oc1ccc(-c2ccc(Oc3ccc(-c4ccc(OS(C)(=O)=O)cc4)cc3)cc2)cc1. The van der Waals surface area contributed by atoms with Gasteiger partial charge in [0.15, 0.2) is 0 Å². The molecule has 0 spiro atoms. The molecular weight excluding hydrogens is 488 g/mol. The third-order valence-electron chi connectivity index (χ3n) is 4.81. The lowest BCUT2D eigenvalue weighted by Gasteiger charge is -2.09. The second kappa shape index (κ2) is 9.81. The van der Waals surface area contributed by atoms with E-state index in [0.717, 1.165) is 34.8 Å². The van der Waals surface area contributed by atoms with Crippen LogP contribution in [0, 0.1) is 0 Å². The zero-order valence-electron chi connectivity index (χ0n) is 18.9. The zero-order chi connectivity index (χ0) is 25.1. The van der Waals surface area contributed by atoms with Crippen LogP contribution in [0.25, 0.3) is 22.3 Å². The minimum atomic E-state index is -3.56. The van der Waals surface area contributed by atoms with Crippen LogP contribution in [0.15, 0.2) is 97.1 Å². The van der Waals surface area contributed by atoms with E-state index >= 15 is 0 Å². The highest BCUT2D eigenvalue weighted by molar-refractivity contribution is 7.86. The van der Waals surface area contributed by atoms with Gasteiger partial charge in [-0.25, -0.2) is 0 Å². The van der Waals surface area contributed by atoms with Gasteiger partial charge >= 0.3 is 20.2 Å². The third kappa shape index (κ3) is 7.08. The van der Waals surface area contributed by atoms with Crippen molar-refractivity contribution >= 4 is 20.2 Å². The first-order valence-corrected chi connectivity index (χ1v) is 14.1. The second-order valence-corrected chi connectivity index (χ2v) is 10.9. The summed E-state index contributed by atoms with van der Waals surface area (Å²) in [6, 6.07) is 28.6. The smallest absolute Gasteiger partial charge is 0.306 e. The molecule has 0 N–H and O–H groups in total. The lowest BCUT2D eigenvalue weighted by atomic mass is 10.1. The summed E-state index contributed by atoms with van der Waals surface area (Å²) in [4.78, 5) is 0. The van der Waals surface area contributed by atoms with Gasteiger partial charge in [0, 0.05) is 0 Å². The first kappa shape index (κ1) is 24.3. The van der Waals surface area contributed by atoms with Crippen molar-refractivity contribution in [2.45, 2.75) is 0 Å². The molecule has 0 amide bonds. The highest BCUT2D eigenvalue weighted by Gasteiger charge is 2.07. The van der Waals surface area contributed by atoms with E-state index in [2.05, 4.69) is 0 Å². The predicted octanol–water partition coefficient (Wildman–Crippen LogP) is 5.49. The Morgan fingerprint density at radius 2 is 0.629 bits per heavy atom. The topological polar surface area (TPSA) is 96.0 Å². The molecule has 35 heavy (non-hydrogen) atoms. The summed E-state index contributed by atoms with van der Waals surface area (Å²) >= 11 is 0. The van der Waals surface area contributed by atoms with Gasteiger partial charge in [-0.15, -0.1) is 0 Å². The minimum Gasteiger partial charge on any atom is -0.457 e. The van der Waals surface area contributed by atoms with Crippen molar-refractivity contribution in [3.8, 4) is 45.3 Å². The Hall–Kier alpha value is -3.82. The normalized spacial score (nSPS) is 11.6. The molecule has 0 unspecified atom stereocenters. The van der Waals surface area contributed by atoms with Crippen LogP contribution < -0.4 is 13.1 Å². The van der Waals surface area contributed by atoms with E-state index < -0.39 is 20.2 Å². The van der Waals surface area contributed by atoms with E-state index in [1.807, 2.05) is 48.5 Å². The molecule has 4 rings (SSSR count).